The van der Waals surface area contributed by atoms with E-state index in [1.54, 1.807) is 0 Å². The van der Waals surface area contributed by atoms with Gasteiger partial charge in [-0.15, -0.1) is 0 Å². The molecular formula is C21H31F3N2O. The van der Waals surface area contributed by atoms with E-state index in [-0.39, 0.29) is 0 Å². The SMILES string of the molecule is CCCCO[C@H]1CC[C@H](C2CCC(c3cnc(C(F)(F)F)nc3)CC2)CC1. The van der Waals surface area contributed by atoms with Gasteiger partial charge in [0.15, 0.2) is 0 Å². The Hall–Kier alpha value is -1.17. The van der Waals surface area contributed by atoms with Crippen LogP contribution in [0.25, 0.3) is 0 Å². The lowest BCUT2D eigenvalue weighted by atomic mass is 9.70. The molecule has 2 fully saturated rings. The molecule has 0 amide bonds. The van der Waals surface area contributed by atoms with E-state index >= 15 is 0 Å². The monoisotopic (exact) mass is 384 g/mol. The van der Waals surface area contributed by atoms with Crippen molar-refractivity contribution >= 4 is 0 Å². The predicted molar refractivity (Wildman–Crippen MR) is 98.3 cm³/mol. The molecule has 0 spiro atoms. The highest BCUT2D eigenvalue weighted by molar-refractivity contribution is 5.13. The molecule has 0 aliphatic heterocycles. The fourth-order valence-corrected chi connectivity index (χ4v) is 4.74. The van der Waals surface area contributed by atoms with E-state index in [1.165, 1.54) is 44.5 Å². The second-order valence-electron chi connectivity index (χ2n) is 8.21. The number of aromatic nitrogens is 2. The second-order valence-corrected chi connectivity index (χ2v) is 8.21. The standard InChI is InChI=1S/C21H31F3N2O/c1-2-3-12-27-19-10-8-16(9-11-19)15-4-6-17(7-5-15)18-13-25-20(26-14-18)21(22,23)24/h13-17,19H,2-12H2,1H3/t15?,16-,17?,19-. The Morgan fingerprint density at radius 2 is 1.48 bits per heavy atom. The van der Waals surface area contributed by atoms with Gasteiger partial charge in [-0.1, -0.05) is 13.3 Å². The predicted octanol–water partition coefficient (Wildman–Crippen LogP) is 6.14. The number of alkyl halides is 3. The van der Waals surface area contributed by atoms with Crippen molar-refractivity contribution in [3.05, 3.63) is 23.8 Å². The minimum absolute atomic E-state index is 0.303. The Morgan fingerprint density at radius 1 is 0.926 bits per heavy atom. The van der Waals surface area contributed by atoms with Crippen molar-refractivity contribution in [3.63, 3.8) is 0 Å². The number of ether oxygens (including phenoxy) is 1. The lowest BCUT2D eigenvalue weighted by molar-refractivity contribution is -0.145. The normalized spacial score (nSPS) is 29.6. The van der Waals surface area contributed by atoms with Crippen LogP contribution in [-0.2, 0) is 10.9 Å². The third-order valence-electron chi connectivity index (χ3n) is 6.41. The van der Waals surface area contributed by atoms with E-state index in [0.717, 1.165) is 56.1 Å². The first-order valence-corrected chi connectivity index (χ1v) is 10.5. The summed E-state index contributed by atoms with van der Waals surface area (Å²) in [6.45, 7) is 3.08. The molecule has 0 saturated heterocycles. The zero-order chi connectivity index (χ0) is 19.3. The molecule has 3 rings (SSSR count). The van der Waals surface area contributed by atoms with Crippen LogP contribution in [0.3, 0.4) is 0 Å². The molecule has 152 valence electrons. The molecule has 3 nitrogen and oxygen atoms in total. The van der Waals surface area contributed by atoms with Crippen molar-refractivity contribution in [1.29, 1.82) is 0 Å². The summed E-state index contributed by atoms with van der Waals surface area (Å²) in [6, 6.07) is 0. The van der Waals surface area contributed by atoms with Crippen LogP contribution in [0.15, 0.2) is 12.4 Å². The Balaban J connectivity index is 1.43. The summed E-state index contributed by atoms with van der Waals surface area (Å²) in [6.07, 6.45) is 10.4. The summed E-state index contributed by atoms with van der Waals surface area (Å²) < 4.78 is 43.8. The Kier molecular flexibility index (Phi) is 7.12. The van der Waals surface area contributed by atoms with Crippen LogP contribution in [0, 0.1) is 11.8 Å². The molecule has 2 saturated carbocycles. The molecule has 0 radical (unpaired) electrons. The van der Waals surface area contributed by atoms with E-state index in [2.05, 4.69) is 16.9 Å². The van der Waals surface area contributed by atoms with Gasteiger partial charge in [0.2, 0.25) is 5.82 Å². The number of rotatable bonds is 6. The average Bonchev–Trinajstić information content (AvgIpc) is 2.68. The Morgan fingerprint density at radius 3 is 2.00 bits per heavy atom. The average molecular weight is 384 g/mol. The van der Waals surface area contributed by atoms with E-state index in [1.807, 2.05) is 0 Å². The number of unbranched alkanes of at least 4 members (excludes halogenated alkanes) is 1. The zero-order valence-corrected chi connectivity index (χ0v) is 16.2. The molecule has 1 aromatic rings. The summed E-state index contributed by atoms with van der Waals surface area (Å²) in [5.41, 5.74) is 0.856. The van der Waals surface area contributed by atoms with Crippen LogP contribution >= 0.6 is 0 Å². The molecule has 6 heteroatoms. The van der Waals surface area contributed by atoms with Gasteiger partial charge in [0, 0.05) is 19.0 Å². The van der Waals surface area contributed by atoms with Crippen molar-refractivity contribution in [2.24, 2.45) is 11.8 Å². The molecule has 0 N–H and O–H groups in total. The largest absolute Gasteiger partial charge is 0.451 e. The molecule has 0 bridgehead atoms. The maximum Gasteiger partial charge on any atom is 0.451 e. The van der Waals surface area contributed by atoms with Gasteiger partial charge >= 0.3 is 6.18 Å². The summed E-state index contributed by atoms with van der Waals surface area (Å²) in [4.78, 5) is 7.05. The first-order chi connectivity index (χ1) is 13.0. The van der Waals surface area contributed by atoms with Gasteiger partial charge in [0.1, 0.15) is 0 Å². The first kappa shape index (κ1) is 20.6. The van der Waals surface area contributed by atoms with E-state index in [9.17, 15) is 13.2 Å². The molecule has 1 heterocycles. The van der Waals surface area contributed by atoms with Gasteiger partial charge in [0.05, 0.1) is 6.10 Å². The van der Waals surface area contributed by atoms with Gasteiger partial charge in [0.25, 0.3) is 0 Å². The van der Waals surface area contributed by atoms with Crippen LogP contribution in [0.2, 0.25) is 0 Å². The van der Waals surface area contributed by atoms with Crippen molar-refractivity contribution in [2.45, 2.75) is 89.3 Å². The number of hydrogen-bond donors (Lipinski definition) is 0. The highest BCUT2D eigenvalue weighted by atomic mass is 19.4. The zero-order valence-electron chi connectivity index (χ0n) is 16.2. The van der Waals surface area contributed by atoms with Crippen LogP contribution in [0.1, 0.15) is 88.4 Å². The van der Waals surface area contributed by atoms with Gasteiger partial charge in [-0.25, -0.2) is 9.97 Å². The van der Waals surface area contributed by atoms with Gasteiger partial charge in [-0.3, -0.25) is 0 Å². The summed E-state index contributed by atoms with van der Waals surface area (Å²) >= 11 is 0. The Labute approximate surface area is 160 Å². The lowest BCUT2D eigenvalue weighted by Crippen LogP contribution is -2.28. The van der Waals surface area contributed by atoms with Crippen molar-refractivity contribution < 1.29 is 17.9 Å². The molecule has 0 atom stereocenters. The Bertz CT molecular complexity index is 560. The van der Waals surface area contributed by atoms with Crippen LogP contribution < -0.4 is 0 Å². The first-order valence-electron chi connectivity index (χ1n) is 10.5. The third-order valence-corrected chi connectivity index (χ3v) is 6.41. The number of nitrogens with zero attached hydrogens (tertiary/aromatic N) is 2. The highest BCUT2D eigenvalue weighted by Gasteiger charge is 2.35. The highest BCUT2D eigenvalue weighted by Crippen LogP contribution is 2.43. The van der Waals surface area contributed by atoms with Crippen LogP contribution in [-0.4, -0.2) is 22.7 Å². The molecular weight excluding hydrogens is 353 g/mol. The molecule has 27 heavy (non-hydrogen) atoms. The smallest absolute Gasteiger partial charge is 0.378 e. The maximum absolute atomic E-state index is 12.6. The minimum atomic E-state index is -4.46. The fourth-order valence-electron chi connectivity index (χ4n) is 4.74. The van der Waals surface area contributed by atoms with Gasteiger partial charge in [-0.05, 0) is 81.1 Å². The van der Waals surface area contributed by atoms with Crippen molar-refractivity contribution in [3.8, 4) is 0 Å². The molecule has 2 aliphatic rings. The van der Waals surface area contributed by atoms with Crippen molar-refractivity contribution in [2.75, 3.05) is 6.61 Å². The number of halogens is 3. The topological polar surface area (TPSA) is 35.0 Å². The van der Waals surface area contributed by atoms with Gasteiger partial charge < -0.3 is 4.74 Å². The van der Waals surface area contributed by atoms with Crippen LogP contribution in [0.4, 0.5) is 13.2 Å². The van der Waals surface area contributed by atoms with E-state index < -0.39 is 12.0 Å². The van der Waals surface area contributed by atoms with E-state index in [4.69, 9.17) is 4.74 Å². The second kappa shape index (κ2) is 9.35. The van der Waals surface area contributed by atoms with Crippen molar-refractivity contribution in [1.82, 2.24) is 9.97 Å². The molecule has 1 aromatic heterocycles. The minimum Gasteiger partial charge on any atom is -0.378 e. The summed E-state index contributed by atoms with van der Waals surface area (Å²) in [5, 5.41) is 0. The third kappa shape index (κ3) is 5.66. The quantitative estimate of drug-likeness (QED) is 0.552. The lowest BCUT2D eigenvalue weighted by Gasteiger charge is -2.37. The molecule has 2 aliphatic carbocycles. The summed E-state index contributed by atoms with van der Waals surface area (Å²) in [5.74, 6) is 0.809. The van der Waals surface area contributed by atoms with Crippen LogP contribution in [0.5, 0.6) is 0 Å². The van der Waals surface area contributed by atoms with Gasteiger partial charge in [-0.2, -0.15) is 13.2 Å². The number of hydrogen-bond acceptors (Lipinski definition) is 3. The maximum atomic E-state index is 12.6. The summed E-state index contributed by atoms with van der Waals surface area (Å²) in [7, 11) is 0. The molecule has 0 aromatic carbocycles. The molecule has 0 unspecified atom stereocenters. The fraction of sp³-hybridized carbons (Fsp3) is 0.810. The van der Waals surface area contributed by atoms with E-state index in [0.29, 0.717) is 12.0 Å².